The second-order valence-corrected chi connectivity index (χ2v) is 6.02. The van der Waals surface area contributed by atoms with Crippen LogP contribution in [0.2, 0.25) is 0 Å². The first kappa shape index (κ1) is 16.3. The van der Waals surface area contributed by atoms with Gasteiger partial charge in [0.15, 0.2) is 0 Å². The molecule has 0 spiro atoms. The molecular formula is C18H13BrO5. The fraction of sp³-hybridized carbons (Fsp3) is 0.111. The molecule has 3 rings (SSSR count). The molecule has 0 aliphatic carbocycles. The average molecular weight is 389 g/mol. The number of rotatable bonds is 3. The van der Waals surface area contributed by atoms with Gasteiger partial charge in [-0.1, -0.05) is 15.9 Å². The smallest absolute Gasteiger partial charge is 0.379 e. The van der Waals surface area contributed by atoms with Gasteiger partial charge in [0.05, 0.1) is 12.7 Å². The van der Waals surface area contributed by atoms with Crippen LogP contribution in [0.15, 0.2) is 51.4 Å². The Kier molecular flexibility index (Phi) is 4.40. The van der Waals surface area contributed by atoms with Gasteiger partial charge < -0.3 is 13.9 Å². The fourth-order valence-corrected chi connectivity index (χ4v) is 2.68. The average Bonchev–Trinajstić information content (AvgIpc) is 2.91. The summed E-state index contributed by atoms with van der Waals surface area (Å²) in [6, 6.07) is 11.6. The lowest BCUT2D eigenvalue weighted by Crippen LogP contribution is -2.09. The molecule has 0 atom stereocenters. The van der Waals surface area contributed by atoms with Crippen LogP contribution in [-0.4, -0.2) is 19.0 Å². The first-order valence-electron chi connectivity index (χ1n) is 7.09. The monoisotopic (exact) mass is 388 g/mol. The molecule has 0 unspecified atom stereocenters. The predicted octanol–water partition coefficient (Wildman–Crippen LogP) is 4.51. The van der Waals surface area contributed by atoms with E-state index in [1.807, 2.05) is 12.1 Å². The van der Waals surface area contributed by atoms with E-state index in [1.54, 1.807) is 13.0 Å². The first-order chi connectivity index (χ1) is 11.5. The van der Waals surface area contributed by atoms with Crippen LogP contribution in [0.4, 0.5) is 0 Å². The minimum atomic E-state index is -0.592. The van der Waals surface area contributed by atoms with E-state index in [0.29, 0.717) is 22.5 Å². The summed E-state index contributed by atoms with van der Waals surface area (Å²) in [7, 11) is 1.30. The Morgan fingerprint density at radius 3 is 2.42 bits per heavy atom. The first-order valence-corrected chi connectivity index (χ1v) is 7.88. The molecule has 5 nitrogen and oxygen atoms in total. The second kappa shape index (κ2) is 6.49. The van der Waals surface area contributed by atoms with Crippen molar-refractivity contribution in [1.29, 1.82) is 0 Å². The van der Waals surface area contributed by atoms with E-state index in [1.165, 1.54) is 31.4 Å². The van der Waals surface area contributed by atoms with Crippen molar-refractivity contribution in [3.63, 3.8) is 0 Å². The highest BCUT2D eigenvalue weighted by atomic mass is 79.9. The number of carbonyl (C=O) groups is 2. The maximum absolute atomic E-state index is 12.3. The lowest BCUT2D eigenvalue weighted by atomic mass is 10.1. The summed E-state index contributed by atoms with van der Waals surface area (Å²) in [5.74, 6) is -0.578. The van der Waals surface area contributed by atoms with Gasteiger partial charge in [-0.25, -0.2) is 9.59 Å². The third-order valence-corrected chi connectivity index (χ3v) is 4.06. The molecule has 0 saturated heterocycles. The van der Waals surface area contributed by atoms with Crippen LogP contribution in [0.25, 0.3) is 11.0 Å². The topological polar surface area (TPSA) is 65.7 Å². The van der Waals surface area contributed by atoms with Crippen molar-refractivity contribution in [3.05, 3.63) is 63.8 Å². The van der Waals surface area contributed by atoms with Crippen LogP contribution in [0, 0.1) is 6.92 Å². The molecule has 0 aliphatic heterocycles. The summed E-state index contributed by atoms with van der Waals surface area (Å²) in [5.41, 5.74) is 1.70. The van der Waals surface area contributed by atoms with Gasteiger partial charge >= 0.3 is 11.9 Å². The quantitative estimate of drug-likeness (QED) is 0.487. The Morgan fingerprint density at radius 2 is 1.75 bits per heavy atom. The van der Waals surface area contributed by atoms with Crippen LogP contribution >= 0.6 is 15.9 Å². The Labute approximate surface area is 146 Å². The molecule has 6 heteroatoms. The lowest BCUT2D eigenvalue weighted by molar-refractivity contribution is 0.0600. The summed E-state index contributed by atoms with van der Waals surface area (Å²) < 4.78 is 16.4. The highest BCUT2D eigenvalue weighted by molar-refractivity contribution is 9.10. The zero-order valence-corrected chi connectivity index (χ0v) is 14.5. The van der Waals surface area contributed by atoms with E-state index in [0.717, 1.165) is 9.86 Å². The van der Waals surface area contributed by atoms with Crippen molar-refractivity contribution < 1.29 is 23.5 Å². The van der Waals surface area contributed by atoms with Crippen molar-refractivity contribution in [2.45, 2.75) is 6.92 Å². The Balaban J connectivity index is 1.85. The molecule has 2 aromatic carbocycles. The van der Waals surface area contributed by atoms with E-state index < -0.39 is 11.9 Å². The summed E-state index contributed by atoms with van der Waals surface area (Å²) in [6.45, 7) is 1.80. The van der Waals surface area contributed by atoms with Gasteiger partial charge in [-0.2, -0.15) is 0 Å². The maximum Gasteiger partial charge on any atom is 0.379 e. The van der Waals surface area contributed by atoms with Gasteiger partial charge in [0.25, 0.3) is 0 Å². The normalized spacial score (nSPS) is 10.6. The molecule has 0 radical (unpaired) electrons. The van der Waals surface area contributed by atoms with Gasteiger partial charge in [-0.3, -0.25) is 0 Å². The molecule has 122 valence electrons. The highest BCUT2D eigenvalue weighted by Crippen LogP contribution is 2.29. The highest BCUT2D eigenvalue weighted by Gasteiger charge is 2.20. The van der Waals surface area contributed by atoms with Gasteiger partial charge in [0, 0.05) is 15.4 Å². The minimum Gasteiger partial charge on any atom is -0.465 e. The SMILES string of the molecule is COC(=O)c1ccc(OC(=O)c2oc3ccc(Br)cc3c2C)cc1. The number of ether oxygens (including phenoxy) is 2. The number of carbonyl (C=O) groups excluding carboxylic acids is 2. The Hall–Kier alpha value is -2.60. The number of halogens is 1. The van der Waals surface area contributed by atoms with Crippen LogP contribution in [0.1, 0.15) is 26.5 Å². The Bertz CT molecular complexity index is 924. The predicted molar refractivity (Wildman–Crippen MR) is 91.4 cm³/mol. The van der Waals surface area contributed by atoms with E-state index in [4.69, 9.17) is 9.15 Å². The lowest BCUT2D eigenvalue weighted by Gasteiger charge is -2.04. The largest absolute Gasteiger partial charge is 0.465 e. The van der Waals surface area contributed by atoms with Crippen LogP contribution in [-0.2, 0) is 4.74 Å². The zero-order valence-electron chi connectivity index (χ0n) is 13.0. The molecule has 0 N–H and O–H groups in total. The summed E-state index contributed by atoms with van der Waals surface area (Å²) >= 11 is 3.40. The van der Waals surface area contributed by atoms with Crippen LogP contribution < -0.4 is 4.74 Å². The van der Waals surface area contributed by atoms with Crippen LogP contribution in [0.5, 0.6) is 5.75 Å². The Morgan fingerprint density at radius 1 is 1.04 bits per heavy atom. The van der Waals surface area contributed by atoms with Crippen molar-refractivity contribution in [2.24, 2.45) is 0 Å². The number of benzene rings is 2. The molecule has 3 aromatic rings. The molecular weight excluding hydrogens is 376 g/mol. The number of hydrogen-bond acceptors (Lipinski definition) is 5. The van der Waals surface area contributed by atoms with Gasteiger partial charge in [-0.05, 0) is 49.4 Å². The number of fused-ring (bicyclic) bond motifs is 1. The van der Waals surface area contributed by atoms with Crippen LogP contribution in [0.3, 0.4) is 0 Å². The number of hydrogen-bond donors (Lipinski definition) is 0. The third kappa shape index (κ3) is 3.05. The van der Waals surface area contributed by atoms with E-state index in [2.05, 4.69) is 20.7 Å². The molecule has 0 bridgehead atoms. The molecule has 0 fully saturated rings. The molecule has 0 amide bonds. The molecule has 1 heterocycles. The zero-order chi connectivity index (χ0) is 17.3. The van der Waals surface area contributed by atoms with Crippen molar-refractivity contribution in [3.8, 4) is 5.75 Å². The standard InChI is InChI=1S/C18H13BrO5/c1-10-14-9-12(19)5-8-15(14)24-16(10)18(21)23-13-6-3-11(4-7-13)17(20)22-2/h3-9H,1-2H3. The molecule has 0 saturated carbocycles. The summed E-state index contributed by atoms with van der Waals surface area (Å²) in [5, 5.41) is 0.845. The number of aryl methyl sites for hydroxylation is 1. The van der Waals surface area contributed by atoms with E-state index in [9.17, 15) is 9.59 Å². The second-order valence-electron chi connectivity index (χ2n) is 5.10. The van der Waals surface area contributed by atoms with Gasteiger partial charge in [-0.15, -0.1) is 0 Å². The van der Waals surface area contributed by atoms with Crippen molar-refractivity contribution >= 4 is 38.8 Å². The maximum atomic E-state index is 12.3. The third-order valence-electron chi connectivity index (χ3n) is 3.57. The van der Waals surface area contributed by atoms with Gasteiger partial charge in [0.1, 0.15) is 11.3 Å². The van der Waals surface area contributed by atoms with Crippen molar-refractivity contribution in [1.82, 2.24) is 0 Å². The molecule has 0 aliphatic rings. The van der Waals surface area contributed by atoms with E-state index >= 15 is 0 Å². The van der Waals surface area contributed by atoms with Gasteiger partial charge in [0.2, 0.25) is 5.76 Å². The molecule has 1 aromatic heterocycles. The number of furan rings is 1. The number of methoxy groups -OCH3 is 1. The molecule has 24 heavy (non-hydrogen) atoms. The minimum absolute atomic E-state index is 0.153. The fourth-order valence-electron chi connectivity index (χ4n) is 2.32. The summed E-state index contributed by atoms with van der Waals surface area (Å²) in [4.78, 5) is 23.7. The van der Waals surface area contributed by atoms with E-state index in [-0.39, 0.29) is 5.76 Å². The summed E-state index contributed by atoms with van der Waals surface area (Å²) in [6.07, 6.45) is 0. The van der Waals surface area contributed by atoms with Crippen molar-refractivity contribution in [2.75, 3.05) is 7.11 Å². The number of esters is 2.